The number of hydrogen-bond donors (Lipinski definition) is 0. The van der Waals surface area contributed by atoms with E-state index < -0.39 is 0 Å². The highest BCUT2D eigenvalue weighted by atomic mass is 16.1. The van der Waals surface area contributed by atoms with Crippen LogP contribution >= 0.6 is 0 Å². The van der Waals surface area contributed by atoms with Crippen molar-refractivity contribution >= 4 is 5.78 Å². The summed E-state index contributed by atoms with van der Waals surface area (Å²) in [6, 6.07) is 0. The van der Waals surface area contributed by atoms with Crippen molar-refractivity contribution < 1.29 is 4.79 Å². The molecule has 0 bridgehead atoms. The van der Waals surface area contributed by atoms with E-state index >= 15 is 0 Å². The lowest BCUT2D eigenvalue weighted by Gasteiger charge is -2.20. The van der Waals surface area contributed by atoms with E-state index in [4.69, 9.17) is 0 Å². The highest BCUT2D eigenvalue weighted by Crippen LogP contribution is 2.26. The first-order chi connectivity index (χ1) is 19.8. The van der Waals surface area contributed by atoms with Gasteiger partial charge in [0.2, 0.25) is 0 Å². The fourth-order valence-corrected chi connectivity index (χ4v) is 5.10. The average Bonchev–Trinajstić information content (AvgIpc) is 2.91. The third-order valence-corrected chi connectivity index (χ3v) is 8.00. The summed E-state index contributed by atoms with van der Waals surface area (Å²) < 4.78 is 0. The lowest BCUT2D eigenvalue weighted by molar-refractivity contribution is -0.124. The summed E-state index contributed by atoms with van der Waals surface area (Å²) in [5.74, 6) is 0.195. The summed E-state index contributed by atoms with van der Waals surface area (Å²) in [5, 5.41) is 0. The Labute approximate surface area is 262 Å². The zero-order chi connectivity index (χ0) is 32.1. The summed E-state index contributed by atoms with van der Waals surface area (Å²) in [5.41, 5.74) is 10.9. The SMILES string of the molecule is C/C=C(\C)CC/C=C(\C)CC/C=C(\C)CC(C=C(C)C)C(=O)C(C=C(C)C)C/C(C)=C/CC/C(C)=C/CC/C(C)=C/C. The van der Waals surface area contributed by atoms with Crippen molar-refractivity contribution in [3.8, 4) is 0 Å². The maximum Gasteiger partial charge on any atom is 0.147 e. The summed E-state index contributed by atoms with van der Waals surface area (Å²) in [4.78, 5) is 14.0. The fourth-order valence-electron chi connectivity index (χ4n) is 5.10. The van der Waals surface area contributed by atoms with Crippen LogP contribution in [-0.2, 0) is 4.79 Å². The minimum atomic E-state index is -0.0779. The third-order valence-electron chi connectivity index (χ3n) is 8.00. The lowest BCUT2D eigenvalue weighted by Crippen LogP contribution is -2.22. The number of rotatable bonds is 20. The first-order valence-corrected chi connectivity index (χ1v) is 16.5. The van der Waals surface area contributed by atoms with Gasteiger partial charge in [0, 0.05) is 11.8 Å². The second-order valence-corrected chi connectivity index (χ2v) is 13.1. The van der Waals surface area contributed by atoms with Gasteiger partial charge in [-0.2, -0.15) is 0 Å². The van der Waals surface area contributed by atoms with Crippen LogP contribution in [0.5, 0.6) is 0 Å². The molecule has 0 amide bonds. The molecule has 1 heteroatoms. The Bertz CT molecular complexity index is 968. The molecule has 0 spiro atoms. The Morgan fingerprint density at radius 3 is 1.02 bits per heavy atom. The van der Waals surface area contributed by atoms with Crippen LogP contribution in [0.15, 0.2) is 93.2 Å². The number of carbonyl (C=O) groups is 1. The number of hydrogen-bond acceptors (Lipinski definition) is 1. The van der Waals surface area contributed by atoms with Crippen LogP contribution in [0.4, 0.5) is 0 Å². The molecule has 0 heterocycles. The second kappa shape index (κ2) is 23.1. The summed E-state index contributed by atoms with van der Waals surface area (Å²) in [6.45, 7) is 26.0. The van der Waals surface area contributed by atoms with Crippen molar-refractivity contribution in [3.05, 3.63) is 93.2 Å². The highest BCUT2D eigenvalue weighted by Gasteiger charge is 2.24. The molecule has 2 atom stereocenters. The van der Waals surface area contributed by atoms with Gasteiger partial charge in [-0.15, -0.1) is 0 Å². The van der Waals surface area contributed by atoms with Crippen molar-refractivity contribution in [3.63, 3.8) is 0 Å². The average molecular weight is 575 g/mol. The normalized spacial score (nSPS) is 15.4. The zero-order valence-electron chi connectivity index (χ0n) is 29.8. The number of carbonyl (C=O) groups excluding carboxylic acids is 1. The smallest absolute Gasteiger partial charge is 0.147 e. The monoisotopic (exact) mass is 575 g/mol. The van der Waals surface area contributed by atoms with Gasteiger partial charge in [0.1, 0.15) is 5.78 Å². The van der Waals surface area contributed by atoms with E-state index in [1.165, 1.54) is 44.6 Å². The first-order valence-electron chi connectivity index (χ1n) is 16.5. The van der Waals surface area contributed by atoms with E-state index in [9.17, 15) is 4.79 Å². The van der Waals surface area contributed by atoms with Crippen LogP contribution in [0, 0.1) is 11.8 Å². The maximum absolute atomic E-state index is 14.0. The molecule has 1 nitrogen and oxygen atoms in total. The van der Waals surface area contributed by atoms with Crippen molar-refractivity contribution in [2.75, 3.05) is 0 Å². The predicted octanol–water partition coefficient (Wildman–Crippen LogP) is 13.3. The Kier molecular flexibility index (Phi) is 21.8. The van der Waals surface area contributed by atoms with E-state index in [-0.39, 0.29) is 11.8 Å². The molecule has 0 aromatic heterocycles. The Hall–Kier alpha value is -2.41. The molecule has 236 valence electrons. The quantitative estimate of drug-likeness (QED) is 0.132. The van der Waals surface area contributed by atoms with Gasteiger partial charge in [-0.3, -0.25) is 4.79 Å². The largest absolute Gasteiger partial charge is 0.298 e. The van der Waals surface area contributed by atoms with Gasteiger partial charge >= 0.3 is 0 Å². The van der Waals surface area contributed by atoms with Gasteiger partial charge < -0.3 is 0 Å². The molecule has 0 aliphatic rings. The standard InChI is InChI=1S/C41H66O/c1-13-33(7)19-15-21-35(9)23-17-25-37(11)29-39(27-31(3)4)41(42)40(28-32(5)6)30-38(12)26-18-24-36(10)22-16-20-34(8)14-2/h13-14,21-22,25-28,39-40H,15-20,23-24,29-30H2,1-12H3/b33-13+,34-14+,35-21+,36-22+,37-25+,38-26+. The van der Waals surface area contributed by atoms with Gasteiger partial charge in [0.15, 0.2) is 0 Å². The molecule has 0 saturated heterocycles. The van der Waals surface area contributed by atoms with E-state index in [0.29, 0.717) is 5.78 Å². The van der Waals surface area contributed by atoms with Gasteiger partial charge in [0.25, 0.3) is 0 Å². The topological polar surface area (TPSA) is 17.1 Å². The van der Waals surface area contributed by atoms with Gasteiger partial charge in [-0.1, -0.05) is 93.2 Å². The second-order valence-electron chi connectivity index (χ2n) is 13.1. The molecule has 0 aliphatic heterocycles. The third kappa shape index (κ3) is 20.5. The Balaban J connectivity index is 5.39. The molecule has 0 rings (SSSR count). The molecule has 0 radical (unpaired) electrons. The van der Waals surface area contributed by atoms with E-state index in [0.717, 1.165) is 64.2 Å². The van der Waals surface area contributed by atoms with Crippen LogP contribution in [0.25, 0.3) is 0 Å². The molecule has 2 unspecified atom stereocenters. The molecule has 0 saturated carbocycles. The number of Topliss-reactive ketones (excluding diaryl/α,β-unsaturated/α-hetero) is 1. The van der Waals surface area contributed by atoms with Crippen LogP contribution in [0.1, 0.15) is 147 Å². The van der Waals surface area contributed by atoms with E-state index in [1.807, 2.05) is 0 Å². The Morgan fingerprint density at radius 1 is 0.452 bits per heavy atom. The maximum atomic E-state index is 14.0. The summed E-state index contributed by atoms with van der Waals surface area (Å²) >= 11 is 0. The highest BCUT2D eigenvalue weighted by molar-refractivity contribution is 5.87. The molecular weight excluding hydrogens is 508 g/mol. The molecule has 0 fully saturated rings. The van der Waals surface area contributed by atoms with Gasteiger partial charge in [0.05, 0.1) is 0 Å². The first kappa shape index (κ1) is 39.6. The summed E-state index contributed by atoms with van der Waals surface area (Å²) in [6.07, 6.45) is 28.6. The van der Waals surface area contributed by atoms with Crippen molar-refractivity contribution in [1.29, 1.82) is 0 Å². The minimum Gasteiger partial charge on any atom is -0.298 e. The number of ketones is 1. The van der Waals surface area contributed by atoms with Crippen molar-refractivity contribution in [1.82, 2.24) is 0 Å². The Morgan fingerprint density at radius 2 is 0.738 bits per heavy atom. The molecule has 0 aromatic carbocycles. The molecule has 0 aromatic rings. The van der Waals surface area contributed by atoms with Crippen LogP contribution < -0.4 is 0 Å². The fraction of sp³-hybridized carbons (Fsp3) is 0.585. The molecule has 42 heavy (non-hydrogen) atoms. The molecular formula is C41H66O. The van der Waals surface area contributed by atoms with E-state index in [1.54, 1.807) is 0 Å². The van der Waals surface area contributed by atoms with Crippen molar-refractivity contribution in [2.45, 2.75) is 147 Å². The predicted molar refractivity (Wildman–Crippen MR) is 191 cm³/mol. The lowest BCUT2D eigenvalue weighted by atomic mass is 9.83. The molecule has 0 aliphatic carbocycles. The van der Waals surface area contributed by atoms with E-state index in [2.05, 4.69) is 132 Å². The van der Waals surface area contributed by atoms with Gasteiger partial charge in [-0.25, -0.2) is 0 Å². The summed E-state index contributed by atoms with van der Waals surface area (Å²) in [7, 11) is 0. The molecule has 0 N–H and O–H groups in total. The minimum absolute atomic E-state index is 0.0779. The van der Waals surface area contributed by atoms with Crippen LogP contribution in [-0.4, -0.2) is 5.78 Å². The van der Waals surface area contributed by atoms with Crippen LogP contribution in [0.3, 0.4) is 0 Å². The van der Waals surface area contributed by atoms with Crippen LogP contribution in [0.2, 0.25) is 0 Å². The number of allylic oxidation sites excluding steroid dienone is 16. The van der Waals surface area contributed by atoms with Crippen molar-refractivity contribution in [2.24, 2.45) is 11.8 Å². The zero-order valence-corrected chi connectivity index (χ0v) is 29.8. The van der Waals surface area contributed by atoms with Gasteiger partial charge in [-0.05, 0) is 147 Å².